The number of thioether (sulfide) groups is 1. The van der Waals surface area contributed by atoms with Crippen LogP contribution in [0.25, 0.3) is 5.69 Å². The van der Waals surface area contributed by atoms with E-state index in [1.807, 2.05) is 41.0 Å². The van der Waals surface area contributed by atoms with Gasteiger partial charge in [-0.1, -0.05) is 54.2 Å². The topological polar surface area (TPSA) is 73.0 Å². The number of carbonyl (C=O) groups is 1. The summed E-state index contributed by atoms with van der Waals surface area (Å²) in [6, 6.07) is 22.0. The van der Waals surface area contributed by atoms with Gasteiger partial charge in [0.15, 0.2) is 5.16 Å². The molecule has 1 amide bonds. The summed E-state index contributed by atoms with van der Waals surface area (Å²) in [6.07, 6.45) is 2.25. The summed E-state index contributed by atoms with van der Waals surface area (Å²) in [5.74, 6) is 1.72. The number of nitrogens with one attached hydrogen (secondary N) is 1. The number of aromatic nitrogens is 3. The molecule has 0 unspecified atom stereocenters. The highest BCUT2D eigenvalue weighted by Crippen LogP contribution is 2.24. The Labute approximate surface area is 179 Å². The van der Waals surface area contributed by atoms with Gasteiger partial charge in [-0.15, -0.1) is 10.2 Å². The van der Waals surface area contributed by atoms with Crippen LogP contribution in [-0.4, -0.2) is 26.4 Å². The number of aryl methyl sites for hydroxylation is 1. The molecule has 1 N–H and O–H groups in total. The Kier molecular flexibility index (Phi) is 6.29. The zero-order chi connectivity index (χ0) is 20.8. The van der Waals surface area contributed by atoms with E-state index in [9.17, 15) is 4.79 Å². The number of carbonyl (C=O) groups excluding carboxylic acids is 1. The molecule has 7 heteroatoms. The molecule has 0 atom stereocenters. The lowest BCUT2D eigenvalue weighted by Crippen LogP contribution is -2.24. The van der Waals surface area contributed by atoms with Gasteiger partial charge in [-0.05, 0) is 42.3 Å². The van der Waals surface area contributed by atoms with Crippen LogP contribution >= 0.6 is 11.8 Å². The number of hydrogen-bond acceptors (Lipinski definition) is 5. The monoisotopic (exact) mass is 418 g/mol. The van der Waals surface area contributed by atoms with Gasteiger partial charge < -0.3 is 9.73 Å². The lowest BCUT2D eigenvalue weighted by molar-refractivity contribution is -0.118. The van der Waals surface area contributed by atoms with Crippen molar-refractivity contribution in [1.29, 1.82) is 0 Å². The molecule has 0 spiro atoms. The normalized spacial score (nSPS) is 10.8. The van der Waals surface area contributed by atoms with Gasteiger partial charge in [-0.2, -0.15) is 0 Å². The maximum atomic E-state index is 12.3. The summed E-state index contributed by atoms with van der Waals surface area (Å²) >= 11 is 1.37. The number of hydrogen-bond donors (Lipinski definition) is 1. The van der Waals surface area contributed by atoms with E-state index in [4.69, 9.17) is 4.42 Å². The van der Waals surface area contributed by atoms with Crippen LogP contribution in [0.5, 0.6) is 0 Å². The van der Waals surface area contributed by atoms with Gasteiger partial charge in [0, 0.05) is 12.1 Å². The molecule has 0 saturated heterocycles. The zero-order valence-electron chi connectivity index (χ0n) is 16.6. The van der Waals surface area contributed by atoms with E-state index in [0.29, 0.717) is 18.1 Å². The largest absolute Gasteiger partial charge is 0.467 e. The summed E-state index contributed by atoms with van der Waals surface area (Å²) in [5, 5.41) is 12.4. The highest BCUT2D eigenvalue weighted by Gasteiger charge is 2.16. The Bertz CT molecular complexity index is 1110. The molecule has 4 rings (SSSR count). The van der Waals surface area contributed by atoms with Crippen molar-refractivity contribution >= 4 is 17.7 Å². The summed E-state index contributed by atoms with van der Waals surface area (Å²) < 4.78 is 7.28. The first-order valence-corrected chi connectivity index (χ1v) is 10.6. The van der Waals surface area contributed by atoms with Crippen molar-refractivity contribution < 1.29 is 9.21 Å². The molecule has 0 radical (unpaired) electrons. The van der Waals surface area contributed by atoms with Gasteiger partial charge in [-0.25, -0.2) is 0 Å². The minimum absolute atomic E-state index is 0.0835. The van der Waals surface area contributed by atoms with Crippen molar-refractivity contribution in [3.63, 3.8) is 0 Å². The van der Waals surface area contributed by atoms with E-state index in [1.165, 1.54) is 11.8 Å². The highest BCUT2D eigenvalue weighted by molar-refractivity contribution is 7.99. The molecule has 0 bridgehead atoms. The molecular formula is C23H22N4O2S. The quantitative estimate of drug-likeness (QED) is 0.435. The Morgan fingerprint density at radius 1 is 1.07 bits per heavy atom. The Morgan fingerprint density at radius 2 is 1.93 bits per heavy atom. The van der Waals surface area contributed by atoms with Crippen LogP contribution < -0.4 is 5.32 Å². The van der Waals surface area contributed by atoms with Crippen molar-refractivity contribution in [1.82, 2.24) is 20.1 Å². The van der Waals surface area contributed by atoms with Gasteiger partial charge in [0.25, 0.3) is 0 Å². The number of rotatable bonds is 8. The third kappa shape index (κ3) is 4.99. The molecule has 2 heterocycles. The summed E-state index contributed by atoms with van der Waals surface area (Å²) in [5.41, 5.74) is 3.30. The SMILES string of the molecule is Cc1cccc(-n2c(Cc3ccccc3)nnc2SCC(=O)NCc2ccco2)c1. The van der Waals surface area contributed by atoms with Crippen molar-refractivity contribution in [2.45, 2.75) is 25.0 Å². The minimum Gasteiger partial charge on any atom is -0.467 e. The smallest absolute Gasteiger partial charge is 0.230 e. The number of furan rings is 1. The zero-order valence-corrected chi connectivity index (χ0v) is 17.4. The van der Waals surface area contributed by atoms with Crippen LogP contribution in [-0.2, 0) is 17.8 Å². The van der Waals surface area contributed by atoms with Crippen molar-refractivity contribution in [3.8, 4) is 5.69 Å². The van der Waals surface area contributed by atoms with Crippen LogP contribution in [0, 0.1) is 6.92 Å². The van der Waals surface area contributed by atoms with Crippen molar-refractivity contribution in [2.75, 3.05) is 5.75 Å². The molecule has 2 aromatic carbocycles. The van der Waals surface area contributed by atoms with Crippen LogP contribution in [0.2, 0.25) is 0 Å². The van der Waals surface area contributed by atoms with Crippen LogP contribution in [0.15, 0.2) is 82.6 Å². The molecule has 0 aliphatic rings. The van der Waals surface area contributed by atoms with E-state index < -0.39 is 0 Å². The maximum Gasteiger partial charge on any atom is 0.230 e. The fourth-order valence-electron chi connectivity index (χ4n) is 3.09. The fourth-order valence-corrected chi connectivity index (χ4v) is 3.89. The third-order valence-corrected chi connectivity index (χ3v) is 5.47. The van der Waals surface area contributed by atoms with Crippen LogP contribution in [0.4, 0.5) is 0 Å². The predicted octanol–water partition coefficient (Wildman–Crippen LogP) is 4.17. The first-order chi connectivity index (χ1) is 14.7. The number of nitrogens with zero attached hydrogens (tertiary/aromatic N) is 3. The van der Waals surface area contributed by atoms with E-state index in [0.717, 1.165) is 28.4 Å². The molecule has 0 aliphatic carbocycles. The van der Waals surface area contributed by atoms with Crippen molar-refractivity contribution in [2.24, 2.45) is 0 Å². The molecule has 2 aromatic heterocycles. The molecule has 4 aromatic rings. The number of amides is 1. The van der Waals surface area contributed by atoms with Gasteiger partial charge in [-0.3, -0.25) is 9.36 Å². The highest BCUT2D eigenvalue weighted by atomic mass is 32.2. The van der Waals surface area contributed by atoms with E-state index >= 15 is 0 Å². The average molecular weight is 419 g/mol. The second-order valence-electron chi connectivity index (χ2n) is 6.88. The molecule has 0 saturated carbocycles. The average Bonchev–Trinajstić information content (AvgIpc) is 3.41. The second-order valence-corrected chi connectivity index (χ2v) is 7.82. The molecule has 30 heavy (non-hydrogen) atoms. The second kappa shape index (κ2) is 9.45. The summed E-state index contributed by atoms with van der Waals surface area (Å²) in [4.78, 5) is 12.3. The molecular weight excluding hydrogens is 396 g/mol. The minimum atomic E-state index is -0.0835. The lowest BCUT2D eigenvalue weighted by atomic mass is 10.1. The first kappa shape index (κ1) is 20.0. The van der Waals surface area contributed by atoms with Gasteiger partial charge in [0.2, 0.25) is 5.91 Å². The lowest BCUT2D eigenvalue weighted by Gasteiger charge is -2.11. The maximum absolute atomic E-state index is 12.3. The van der Waals surface area contributed by atoms with E-state index in [-0.39, 0.29) is 11.7 Å². The fraction of sp³-hybridized carbons (Fsp3) is 0.174. The van der Waals surface area contributed by atoms with Crippen molar-refractivity contribution in [3.05, 3.63) is 95.7 Å². The van der Waals surface area contributed by atoms with Gasteiger partial charge in [0.05, 0.1) is 18.6 Å². The Hall–Kier alpha value is -3.32. The Morgan fingerprint density at radius 3 is 2.70 bits per heavy atom. The standard InChI is InChI=1S/C23H22N4O2S/c1-17-7-5-10-19(13-17)27-21(14-18-8-3-2-4-9-18)25-26-23(27)30-16-22(28)24-15-20-11-6-12-29-20/h2-13H,14-16H2,1H3,(H,24,28). The van der Waals surface area contributed by atoms with Gasteiger partial charge >= 0.3 is 0 Å². The number of benzene rings is 2. The van der Waals surface area contributed by atoms with Gasteiger partial charge in [0.1, 0.15) is 11.6 Å². The summed E-state index contributed by atoms with van der Waals surface area (Å²) in [7, 11) is 0. The molecule has 0 fully saturated rings. The predicted molar refractivity (Wildman–Crippen MR) is 117 cm³/mol. The molecule has 6 nitrogen and oxygen atoms in total. The molecule has 0 aliphatic heterocycles. The van der Waals surface area contributed by atoms with Crippen LogP contribution in [0.3, 0.4) is 0 Å². The van der Waals surface area contributed by atoms with E-state index in [2.05, 4.69) is 46.7 Å². The Balaban J connectivity index is 1.52. The third-order valence-electron chi connectivity index (χ3n) is 4.54. The first-order valence-electron chi connectivity index (χ1n) is 9.66. The summed E-state index contributed by atoms with van der Waals surface area (Å²) in [6.45, 7) is 2.43. The molecule has 152 valence electrons. The van der Waals surface area contributed by atoms with E-state index in [1.54, 1.807) is 12.3 Å². The van der Waals surface area contributed by atoms with Crippen LogP contribution in [0.1, 0.15) is 22.7 Å².